The third-order valence-electron chi connectivity index (χ3n) is 3.20. The quantitative estimate of drug-likeness (QED) is 0.848. The monoisotopic (exact) mass is 308 g/mol. The standard InChI is InChI=1S/C17H18ClFO2/c1-2-10-21-17-9-4-3-6-12(17)16(20)11-13-14(18)7-5-8-15(13)19/h3-9,16,20H,2,10-11H2,1H3. The molecule has 1 N–H and O–H groups in total. The maximum atomic E-state index is 13.8. The molecule has 0 saturated carbocycles. The fourth-order valence-electron chi connectivity index (χ4n) is 2.13. The summed E-state index contributed by atoms with van der Waals surface area (Å²) < 4.78 is 19.4. The van der Waals surface area contributed by atoms with Gasteiger partial charge in [-0.2, -0.15) is 0 Å². The average molecular weight is 309 g/mol. The van der Waals surface area contributed by atoms with Gasteiger partial charge in [-0.15, -0.1) is 0 Å². The lowest BCUT2D eigenvalue weighted by atomic mass is 10.00. The molecule has 0 aliphatic rings. The summed E-state index contributed by atoms with van der Waals surface area (Å²) in [6, 6.07) is 11.8. The minimum Gasteiger partial charge on any atom is -0.493 e. The number of aliphatic hydroxyl groups is 1. The van der Waals surface area contributed by atoms with Gasteiger partial charge >= 0.3 is 0 Å². The zero-order valence-corrected chi connectivity index (χ0v) is 12.6. The first kappa shape index (κ1) is 15.8. The third kappa shape index (κ3) is 3.96. The van der Waals surface area contributed by atoms with E-state index in [9.17, 15) is 9.50 Å². The van der Waals surface area contributed by atoms with Crippen LogP contribution in [0.1, 0.15) is 30.6 Å². The molecule has 0 aliphatic heterocycles. The molecule has 1 atom stereocenters. The van der Waals surface area contributed by atoms with Gasteiger partial charge in [0.15, 0.2) is 0 Å². The maximum absolute atomic E-state index is 13.8. The van der Waals surface area contributed by atoms with E-state index in [1.165, 1.54) is 6.07 Å². The normalized spacial score (nSPS) is 12.2. The average Bonchev–Trinajstić information content (AvgIpc) is 2.49. The van der Waals surface area contributed by atoms with Gasteiger partial charge in [-0.25, -0.2) is 4.39 Å². The van der Waals surface area contributed by atoms with Gasteiger partial charge in [0, 0.05) is 22.6 Å². The summed E-state index contributed by atoms with van der Waals surface area (Å²) in [6.07, 6.45) is 0.120. The molecule has 0 heterocycles. The summed E-state index contributed by atoms with van der Waals surface area (Å²) in [6.45, 7) is 2.59. The Bertz CT molecular complexity index is 581. The number of para-hydroxylation sites is 1. The Hall–Kier alpha value is -1.58. The fourth-order valence-corrected chi connectivity index (χ4v) is 2.37. The van der Waals surface area contributed by atoms with Crippen LogP contribution in [0, 0.1) is 5.82 Å². The molecule has 2 aromatic carbocycles. The smallest absolute Gasteiger partial charge is 0.127 e. The molecule has 2 nitrogen and oxygen atoms in total. The van der Waals surface area contributed by atoms with Crippen LogP contribution in [0.3, 0.4) is 0 Å². The van der Waals surface area contributed by atoms with Crippen molar-refractivity contribution in [2.45, 2.75) is 25.9 Å². The molecule has 0 amide bonds. The second kappa shape index (κ2) is 7.43. The van der Waals surface area contributed by atoms with Crippen molar-refractivity contribution in [3.05, 3.63) is 64.4 Å². The highest BCUT2D eigenvalue weighted by atomic mass is 35.5. The zero-order valence-electron chi connectivity index (χ0n) is 11.9. The molecule has 112 valence electrons. The minimum atomic E-state index is -0.868. The molecule has 2 aromatic rings. The molecule has 0 fully saturated rings. The van der Waals surface area contributed by atoms with Crippen LogP contribution in [0.4, 0.5) is 4.39 Å². The molecule has 0 aromatic heterocycles. The molecule has 0 saturated heterocycles. The lowest BCUT2D eigenvalue weighted by Gasteiger charge is -2.17. The molecular weight excluding hydrogens is 291 g/mol. The molecule has 0 radical (unpaired) electrons. The predicted octanol–water partition coefficient (Wildman–Crippen LogP) is 4.54. The fraction of sp³-hybridized carbons (Fsp3) is 0.294. The third-order valence-corrected chi connectivity index (χ3v) is 3.55. The summed E-state index contributed by atoms with van der Waals surface area (Å²) in [7, 11) is 0. The Labute approximate surface area is 129 Å². The highest BCUT2D eigenvalue weighted by molar-refractivity contribution is 6.31. The maximum Gasteiger partial charge on any atom is 0.127 e. The van der Waals surface area contributed by atoms with Crippen LogP contribution < -0.4 is 4.74 Å². The van der Waals surface area contributed by atoms with Gasteiger partial charge in [0.25, 0.3) is 0 Å². The highest BCUT2D eigenvalue weighted by Gasteiger charge is 2.17. The van der Waals surface area contributed by atoms with E-state index < -0.39 is 11.9 Å². The van der Waals surface area contributed by atoms with Crippen molar-refractivity contribution >= 4 is 11.6 Å². The van der Waals surface area contributed by atoms with E-state index in [1.807, 2.05) is 19.1 Å². The first-order chi connectivity index (χ1) is 10.1. The molecule has 0 spiro atoms. The summed E-state index contributed by atoms with van der Waals surface area (Å²) in [5, 5.41) is 10.7. The van der Waals surface area contributed by atoms with Gasteiger partial charge in [-0.3, -0.25) is 0 Å². The second-order valence-corrected chi connectivity index (χ2v) is 5.21. The first-order valence-electron chi connectivity index (χ1n) is 6.96. The van der Waals surface area contributed by atoms with Gasteiger partial charge < -0.3 is 9.84 Å². The van der Waals surface area contributed by atoms with Gasteiger partial charge in [-0.05, 0) is 24.6 Å². The molecule has 1 unspecified atom stereocenters. The topological polar surface area (TPSA) is 29.5 Å². The van der Waals surface area contributed by atoms with Gasteiger partial charge in [0.05, 0.1) is 12.7 Å². The number of ether oxygens (including phenoxy) is 1. The van der Waals surface area contributed by atoms with Crippen LogP contribution in [0.15, 0.2) is 42.5 Å². The van der Waals surface area contributed by atoms with Crippen molar-refractivity contribution in [1.82, 2.24) is 0 Å². The Morgan fingerprint density at radius 3 is 2.67 bits per heavy atom. The summed E-state index contributed by atoms with van der Waals surface area (Å²) >= 11 is 6.00. The van der Waals surface area contributed by atoms with E-state index in [1.54, 1.807) is 24.3 Å². The molecule has 21 heavy (non-hydrogen) atoms. The highest BCUT2D eigenvalue weighted by Crippen LogP contribution is 2.30. The van der Waals surface area contributed by atoms with Crippen molar-refractivity contribution in [3.8, 4) is 5.75 Å². The van der Waals surface area contributed by atoms with E-state index in [2.05, 4.69) is 0 Å². The number of hydrogen-bond acceptors (Lipinski definition) is 2. The zero-order chi connectivity index (χ0) is 15.2. The minimum absolute atomic E-state index is 0.109. The van der Waals surface area contributed by atoms with Crippen molar-refractivity contribution in [1.29, 1.82) is 0 Å². The molecule has 4 heteroatoms. The van der Waals surface area contributed by atoms with E-state index in [0.29, 0.717) is 28.5 Å². The van der Waals surface area contributed by atoms with Crippen LogP contribution in [0.25, 0.3) is 0 Å². The number of rotatable bonds is 6. The van der Waals surface area contributed by atoms with E-state index in [-0.39, 0.29) is 6.42 Å². The van der Waals surface area contributed by atoms with Crippen molar-refractivity contribution in [2.75, 3.05) is 6.61 Å². The van der Waals surface area contributed by atoms with Gasteiger partial charge in [0.1, 0.15) is 11.6 Å². The number of halogens is 2. The number of benzene rings is 2. The lowest BCUT2D eigenvalue weighted by Crippen LogP contribution is -2.07. The SMILES string of the molecule is CCCOc1ccccc1C(O)Cc1c(F)cccc1Cl. The van der Waals surface area contributed by atoms with Crippen LogP contribution in [-0.4, -0.2) is 11.7 Å². The molecule has 2 rings (SSSR count). The molecule has 0 bridgehead atoms. The molecule has 0 aliphatic carbocycles. The Morgan fingerprint density at radius 1 is 1.19 bits per heavy atom. The Balaban J connectivity index is 2.22. The van der Waals surface area contributed by atoms with Crippen molar-refractivity contribution in [3.63, 3.8) is 0 Å². The van der Waals surface area contributed by atoms with Gasteiger partial charge in [0.2, 0.25) is 0 Å². The summed E-state index contributed by atoms with van der Waals surface area (Å²) in [4.78, 5) is 0. The predicted molar refractivity (Wildman–Crippen MR) is 82.3 cm³/mol. The van der Waals surface area contributed by atoms with Crippen molar-refractivity contribution < 1.29 is 14.2 Å². The Morgan fingerprint density at radius 2 is 1.95 bits per heavy atom. The largest absolute Gasteiger partial charge is 0.493 e. The first-order valence-corrected chi connectivity index (χ1v) is 7.34. The number of aliphatic hydroxyl groups excluding tert-OH is 1. The van der Waals surface area contributed by atoms with E-state index in [0.717, 1.165) is 6.42 Å². The van der Waals surface area contributed by atoms with Crippen LogP contribution in [0.2, 0.25) is 5.02 Å². The van der Waals surface area contributed by atoms with E-state index in [4.69, 9.17) is 16.3 Å². The Kier molecular flexibility index (Phi) is 5.59. The van der Waals surface area contributed by atoms with Crippen molar-refractivity contribution in [2.24, 2.45) is 0 Å². The molecular formula is C17H18ClFO2. The number of hydrogen-bond donors (Lipinski definition) is 1. The van der Waals surface area contributed by atoms with Crippen LogP contribution in [-0.2, 0) is 6.42 Å². The van der Waals surface area contributed by atoms with E-state index >= 15 is 0 Å². The lowest BCUT2D eigenvalue weighted by molar-refractivity contribution is 0.170. The van der Waals surface area contributed by atoms with Crippen LogP contribution in [0.5, 0.6) is 5.75 Å². The summed E-state index contributed by atoms with van der Waals surface area (Å²) in [5.41, 5.74) is 0.960. The van der Waals surface area contributed by atoms with Gasteiger partial charge in [-0.1, -0.05) is 42.8 Å². The second-order valence-electron chi connectivity index (χ2n) is 4.81. The summed E-state index contributed by atoms with van der Waals surface area (Å²) in [5.74, 6) is 0.216. The van der Waals surface area contributed by atoms with Crippen LogP contribution >= 0.6 is 11.6 Å².